The molecule has 2 saturated heterocycles. The summed E-state index contributed by atoms with van der Waals surface area (Å²) in [5.41, 5.74) is 3.32. The van der Waals surface area contributed by atoms with Gasteiger partial charge in [-0.2, -0.15) is 5.10 Å². The van der Waals surface area contributed by atoms with Crippen LogP contribution >= 0.6 is 0 Å². The van der Waals surface area contributed by atoms with Crippen molar-refractivity contribution in [1.82, 2.24) is 15.1 Å². The smallest absolute Gasteiger partial charge is 0.234 e. The molecule has 5 rings (SSSR count). The van der Waals surface area contributed by atoms with E-state index in [2.05, 4.69) is 17.1 Å². The van der Waals surface area contributed by atoms with Crippen molar-refractivity contribution >= 4 is 17.5 Å². The highest BCUT2D eigenvalue weighted by Crippen LogP contribution is 2.53. The molecule has 150 valence electrons. The number of H-pyrrole nitrogens is 1. The van der Waals surface area contributed by atoms with E-state index in [1.54, 1.807) is 23.0 Å². The van der Waals surface area contributed by atoms with Crippen LogP contribution < -0.4 is 4.90 Å². The van der Waals surface area contributed by atoms with Gasteiger partial charge in [-0.3, -0.25) is 14.7 Å². The lowest BCUT2D eigenvalue weighted by molar-refractivity contribution is -0.139. The van der Waals surface area contributed by atoms with Gasteiger partial charge >= 0.3 is 0 Å². The number of nitrogens with one attached hydrogen (secondary N) is 1. The minimum atomic E-state index is -0.713. The molecule has 1 aromatic carbocycles. The lowest BCUT2D eigenvalue weighted by Crippen LogP contribution is -2.44. The zero-order valence-electron chi connectivity index (χ0n) is 16.8. The maximum Gasteiger partial charge on any atom is 0.234 e. The fourth-order valence-electron chi connectivity index (χ4n) is 4.85. The van der Waals surface area contributed by atoms with E-state index in [-0.39, 0.29) is 17.9 Å². The van der Waals surface area contributed by atoms with Gasteiger partial charge in [-0.1, -0.05) is 18.2 Å². The van der Waals surface area contributed by atoms with Gasteiger partial charge in [0.05, 0.1) is 36.7 Å². The zero-order valence-corrected chi connectivity index (χ0v) is 16.8. The molecule has 7 nitrogen and oxygen atoms in total. The van der Waals surface area contributed by atoms with Gasteiger partial charge in [0.1, 0.15) is 5.60 Å². The van der Waals surface area contributed by atoms with Gasteiger partial charge in [0, 0.05) is 18.9 Å². The molecule has 2 amide bonds. The van der Waals surface area contributed by atoms with Crippen LogP contribution in [0.25, 0.3) is 0 Å². The molecule has 1 aromatic heterocycles. The monoisotopic (exact) mass is 392 g/mol. The first-order chi connectivity index (χ1) is 13.9. The second-order valence-electron chi connectivity index (χ2n) is 8.37. The van der Waals surface area contributed by atoms with E-state index in [0.29, 0.717) is 13.1 Å². The van der Waals surface area contributed by atoms with Crippen LogP contribution in [0.5, 0.6) is 0 Å². The van der Waals surface area contributed by atoms with Crippen LogP contribution in [0.1, 0.15) is 16.8 Å². The second-order valence-corrected chi connectivity index (χ2v) is 8.37. The molecule has 29 heavy (non-hydrogen) atoms. The summed E-state index contributed by atoms with van der Waals surface area (Å²) in [6.07, 6.45) is 5.25. The van der Waals surface area contributed by atoms with Crippen LogP contribution in [0.15, 0.2) is 42.6 Å². The summed E-state index contributed by atoms with van der Waals surface area (Å²) >= 11 is 0. The molecule has 4 heterocycles. The Hall–Kier alpha value is -2.93. The Balaban J connectivity index is 1.43. The Morgan fingerprint density at radius 3 is 2.90 bits per heavy atom. The molecule has 7 heteroatoms. The van der Waals surface area contributed by atoms with Crippen molar-refractivity contribution in [1.29, 1.82) is 0 Å². The number of benzene rings is 1. The largest absolute Gasteiger partial charge is 0.360 e. The van der Waals surface area contributed by atoms with Gasteiger partial charge in [-0.15, -0.1) is 0 Å². The average molecular weight is 392 g/mol. The maximum absolute atomic E-state index is 13.4. The molecule has 4 atom stereocenters. The Morgan fingerprint density at radius 2 is 2.17 bits per heavy atom. The molecule has 2 aromatic rings. The molecule has 1 spiro atoms. The van der Waals surface area contributed by atoms with Gasteiger partial charge in [0.15, 0.2) is 0 Å². The summed E-state index contributed by atoms with van der Waals surface area (Å²) in [5.74, 6) is -1.10. The van der Waals surface area contributed by atoms with Crippen LogP contribution in [0.2, 0.25) is 0 Å². The summed E-state index contributed by atoms with van der Waals surface area (Å²) in [4.78, 5) is 30.2. The standard InChI is InChI=1S/C22H24N4O3/c1-13-4-5-16(10-14(13)2)26-12-22-8-6-17(29-22)18(19(22)21(26)28)20(27)25(3)11-15-7-9-23-24-15/h4-10,17-19H,11-12H2,1-3H3,(H,23,24)/t17-,18+,19-,22-/m0/s1. The van der Waals surface area contributed by atoms with Crippen molar-refractivity contribution in [3.63, 3.8) is 0 Å². The number of hydrogen-bond donors (Lipinski definition) is 1. The summed E-state index contributed by atoms with van der Waals surface area (Å²) in [5, 5.41) is 6.81. The second kappa shape index (κ2) is 6.29. The van der Waals surface area contributed by atoms with E-state index in [1.807, 2.05) is 43.3 Å². The lowest BCUT2D eigenvalue weighted by Gasteiger charge is -2.27. The van der Waals surface area contributed by atoms with Crippen molar-refractivity contribution in [2.45, 2.75) is 32.1 Å². The Kier molecular flexibility index (Phi) is 3.93. The molecular weight excluding hydrogens is 368 g/mol. The molecule has 0 unspecified atom stereocenters. The highest BCUT2D eigenvalue weighted by molar-refractivity contribution is 6.03. The summed E-state index contributed by atoms with van der Waals surface area (Å²) in [6.45, 7) is 4.95. The van der Waals surface area contributed by atoms with Gasteiger partial charge in [0.2, 0.25) is 11.8 Å². The predicted molar refractivity (Wildman–Crippen MR) is 107 cm³/mol. The highest BCUT2D eigenvalue weighted by Gasteiger charge is 2.67. The minimum Gasteiger partial charge on any atom is -0.360 e. The molecule has 2 bridgehead atoms. The summed E-state index contributed by atoms with van der Waals surface area (Å²) in [7, 11) is 1.76. The third kappa shape index (κ3) is 2.64. The Bertz CT molecular complexity index is 1020. The molecule has 3 aliphatic rings. The summed E-state index contributed by atoms with van der Waals surface area (Å²) < 4.78 is 6.24. The van der Waals surface area contributed by atoms with Gasteiger partial charge in [-0.05, 0) is 43.2 Å². The van der Waals surface area contributed by atoms with Crippen molar-refractivity contribution in [3.8, 4) is 0 Å². The van der Waals surface area contributed by atoms with Crippen molar-refractivity contribution in [3.05, 3.63) is 59.4 Å². The average Bonchev–Trinajstić information content (AvgIpc) is 3.46. The van der Waals surface area contributed by atoms with Gasteiger partial charge in [0.25, 0.3) is 0 Å². The third-order valence-corrected chi connectivity index (χ3v) is 6.53. The first kappa shape index (κ1) is 18.1. The Labute approximate surface area is 169 Å². The third-order valence-electron chi connectivity index (χ3n) is 6.53. The van der Waals surface area contributed by atoms with E-state index in [4.69, 9.17) is 4.74 Å². The van der Waals surface area contributed by atoms with E-state index < -0.39 is 17.4 Å². The number of fused-ring (bicyclic) bond motifs is 1. The predicted octanol–water partition coefficient (Wildman–Crippen LogP) is 1.97. The van der Waals surface area contributed by atoms with Crippen molar-refractivity contribution < 1.29 is 14.3 Å². The lowest BCUT2D eigenvalue weighted by atomic mass is 9.76. The van der Waals surface area contributed by atoms with Crippen molar-refractivity contribution in [2.24, 2.45) is 11.8 Å². The number of carbonyl (C=O) groups excluding carboxylic acids is 2. The number of anilines is 1. The van der Waals surface area contributed by atoms with E-state index in [9.17, 15) is 9.59 Å². The number of hydrogen-bond acceptors (Lipinski definition) is 4. The number of aromatic amines is 1. The van der Waals surface area contributed by atoms with E-state index in [1.165, 1.54) is 5.56 Å². The number of ether oxygens (including phenoxy) is 1. The maximum atomic E-state index is 13.4. The van der Waals surface area contributed by atoms with Crippen LogP contribution in [0.4, 0.5) is 5.69 Å². The Morgan fingerprint density at radius 1 is 1.34 bits per heavy atom. The minimum absolute atomic E-state index is 0.0339. The fraction of sp³-hybridized carbons (Fsp3) is 0.409. The molecule has 2 fully saturated rings. The number of rotatable bonds is 4. The first-order valence-electron chi connectivity index (χ1n) is 9.89. The first-order valence-corrected chi connectivity index (χ1v) is 9.89. The van der Waals surface area contributed by atoms with Crippen LogP contribution in [0, 0.1) is 25.7 Å². The molecule has 0 radical (unpaired) electrons. The van der Waals surface area contributed by atoms with Crippen LogP contribution in [-0.4, -0.2) is 52.2 Å². The number of aryl methyl sites for hydroxylation is 2. The molecule has 0 saturated carbocycles. The molecule has 0 aliphatic carbocycles. The van der Waals surface area contributed by atoms with Crippen LogP contribution in [0.3, 0.4) is 0 Å². The topological polar surface area (TPSA) is 78.5 Å². The molecule has 3 aliphatic heterocycles. The van der Waals surface area contributed by atoms with Gasteiger partial charge in [-0.25, -0.2) is 0 Å². The van der Waals surface area contributed by atoms with Crippen LogP contribution in [-0.2, 0) is 20.9 Å². The quantitative estimate of drug-likeness (QED) is 0.807. The molecule has 1 N–H and O–H groups in total. The zero-order chi connectivity index (χ0) is 20.3. The SMILES string of the molecule is Cc1ccc(N2C[C@]34C=C[C@H](O3)[C@@H](C(=O)N(C)Cc3ccn[nH]3)[C@H]4C2=O)cc1C. The normalized spacial score (nSPS) is 29.6. The number of amides is 2. The van der Waals surface area contributed by atoms with Gasteiger partial charge < -0.3 is 14.5 Å². The number of carbonyl (C=O) groups is 2. The number of nitrogens with zero attached hydrogens (tertiary/aromatic N) is 3. The highest BCUT2D eigenvalue weighted by atomic mass is 16.5. The summed E-state index contributed by atoms with van der Waals surface area (Å²) in [6, 6.07) is 7.86. The van der Waals surface area contributed by atoms with E-state index >= 15 is 0 Å². The van der Waals surface area contributed by atoms with E-state index in [0.717, 1.165) is 16.9 Å². The van der Waals surface area contributed by atoms with Crippen molar-refractivity contribution in [2.75, 3.05) is 18.5 Å². The molecular formula is C22H24N4O3. The fourth-order valence-corrected chi connectivity index (χ4v) is 4.85. The number of aromatic nitrogens is 2.